The lowest BCUT2D eigenvalue weighted by Crippen LogP contribution is -2.58. The van der Waals surface area contributed by atoms with E-state index in [2.05, 4.69) is 22.5 Å². The first-order chi connectivity index (χ1) is 11.2. The van der Waals surface area contributed by atoms with Crippen LogP contribution in [-0.2, 0) is 0 Å². The van der Waals surface area contributed by atoms with Gasteiger partial charge in [-0.25, -0.2) is 4.79 Å². The molecule has 2 heterocycles. The summed E-state index contributed by atoms with van der Waals surface area (Å²) in [6, 6.07) is 10.5. The maximum absolute atomic E-state index is 12.3. The Balaban J connectivity index is 1.34. The highest BCUT2D eigenvalue weighted by atomic mass is 16.2. The molecule has 4 nitrogen and oxygen atoms in total. The van der Waals surface area contributed by atoms with Crippen LogP contribution in [0.5, 0.6) is 0 Å². The van der Waals surface area contributed by atoms with E-state index in [-0.39, 0.29) is 6.03 Å². The molecule has 0 spiro atoms. The highest BCUT2D eigenvalue weighted by Crippen LogP contribution is 2.41. The van der Waals surface area contributed by atoms with Gasteiger partial charge in [0.05, 0.1) is 0 Å². The van der Waals surface area contributed by atoms with E-state index in [0.717, 1.165) is 24.6 Å². The predicted molar refractivity (Wildman–Crippen MR) is 92.6 cm³/mol. The zero-order valence-corrected chi connectivity index (χ0v) is 13.9. The van der Waals surface area contributed by atoms with Crippen LogP contribution in [0.3, 0.4) is 0 Å². The van der Waals surface area contributed by atoms with Crippen LogP contribution in [-0.4, -0.2) is 35.1 Å². The second-order valence-electron chi connectivity index (χ2n) is 7.55. The van der Waals surface area contributed by atoms with Gasteiger partial charge < -0.3 is 10.6 Å². The Morgan fingerprint density at radius 1 is 1.00 bits per heavy atom. The van der Waals surface area contributed by atoms with E-state index >= 15 is 0 Å². The highest BCUT2D eigenvalue weighted by molar-refractivity contribution is 5.89. The fourth-order valence-electron chi connectivity index (χ4n) is 4.49. The van der Waals surface area contributed by atoms with Gasteiger partial charge in [0.2, 0.25) is 0 Å². The molecule has 2 aliphatic heterocycles. The van der Waals surface area contributed by atoms with Gasteiger partial charge >= 0.3 is 6.03 Å². The van der Waals surface area contributed by atoms with E-state index in [1.165, 1.54) is 37.7 Å². The number of nitrogens with zero attached hydrogens (tertiary/aromatic N) is 1. The summed E-state index contributed by atoms with van der Waals surface area (Å²) in [6.45, 7) is 2.05. The van der Waals surface area contributed by atoms with E-state index < -0.39 is 0 Å². The van der Waals surface area contributed by atoms with E-state index in [0.29, 0.717) is 18.1 Å². The van der Waals surface area contributed by atoms with Crippen LogP contribution in [0.25, 0.3) is 0 Å². The largest absolute Gasteiger partial charge is 0.335 e. The molecule has 2 amide bonds. The molecule has 0 aromatic heterocycles. The number of carbonyl (C=O) groups excluding carboxylic acids is 1. The lowest BCUT2D eigenvalue weighted by Gasteiger charge is -2.49. The van der Waals surface area contributed by atoms with Gasteiger partial charge in [-0.15, -0.1) is 0 Å². The average Bonchev–Trinajstić information content (AvgIpc) is 3.33. The first-order valence-corrected chi connectivity index (χ1v) is 9.10. The van der Waals surface area contributed by atoms with Crippen LogP contribution < -0.4 is 10.6 Å². The van der Waals surface area contributed by atoms with Crippen molar-refractivity contribution in [1.82, 2.24) is 10.2 Å². The summed E-state index contributed by atoms with van der Waals surface area (Å²) in [7, 11) is 0. The summed E-state index contributed by atoms with van der Waals surface area (Å²) < 4.78 is 0. The Morgan fingerprint density at radius 3 is 2.26 bits per heavy atom. The van der Waals surface area contributed by atoms with Gasteiger partial charge in [0, 0.05) is 29.9 Å². The molecule has 1 aromatic rings. The summed E-state index contributed by atoms with van der Waals surface area (Å²) in [5, 5.41) is 6.18. The lowest BCUT2D eigenvalue weighted by atomic mass is 9.81. The Labute approximate surface area is 138 Å². The number of piperidine rings is 2. The maximum atomic E-state index is 12.3. The maximum Gasteiger partial charge on any atom is 0.319 e. The smallest absolute Gasteiger partial charge is 0.319 e. The molecule has 1 aliphatic carbocycles. The molecule has 1 aromatic carbocycles. The first kappa shape index (κ1) is 15.0. The SMILES string of the molecule is Cc1ccc(NC(=O)NC2CC3CCCC(C2)N3C2CC2)cc1. The van der Waals surface area contributed by atoms with Crippen molar-refractivity contribution in [3.05, 3.63) is 29.8 Å². The summed E-state index contributed by atoms with van der Waals surface area (Å²) in [6.07, 6.45) is 9.00. The van der Waals surface area contributed by atoms with E-state index in [4.69, 9.17) is 0 Å². The van der Waals surface area contributed by atoms with Gasteiger partial charge in [0.25, 0.3) is 0 Å². The Kier molecular flexibility index (Phi) is 4.02. The molecule has 4 rings (SSSR count). The molecule has 2 atom stereocenters. The van der Waals surface area contributed by atoms with E-state index in [9.17, 15) is 4.79 Å². The topological polar surface area (TPSA) is 44.4 Å². The molecule has 3 fully saturated rings. The minimum absolute atomic E-state index is 0.0585. The molecule has 0 radical (unpaired) electrons. The number of anilines is 1. The number of carbonyl (C=O) groups is 1. The zero-order chi connectivity index (χ0) is 15.8. The van der Waals surface area contributed by atoms with E-state index in [1.807, 2.05) is 24.3 Å². The van der Waals surface area contributed by atoms with Gasteiger partial charge in [0.1, 0.15) is 0 Å². The van der Waals surface area contributed by atoms with Crippen molar-refractivity contribution in [2.75, 3.05) is 5.32 Å². The van der Waals surface area contributed by atoms with Gasteiger partial charge in [-0.2, -0.15) is 0 Å². The van der Waals surface area contributed by atoms with Crippen molar-refractivity contribution in [1.29, 1.82) is 0 Å². The van der Waals surface area contributed by atoms with Gasteiger partial charge in [0.15, 0.2) is 0 Å². The summed E-state index contributed by atoms with van der Waals surface area (Å²) in [4.78, 5) is 15.1. The molecular weight excluding hydrogens is 286 g/mol. The van der Waals surface area contributed by atoms with Crippen molar-refractivity contribution in [2.24, 2.45) is 0 Å². The minimum Gasteiger partial charge on any atom is -0.335 e. The second kappa shape index (κ2) is 6.16. The number of fused-ring (bicyclic) bond motifs is 2. The Hall–Kier alpha value is -1.55. The summed E-state index contributed by atoms with van der Waals surface area (Å²) in [5.74, 6) is 0. The predicted octanol–water partition coefficient (Wildman–Crippen LogP) is 3.66. The number of amides is 2. The molecule has 124 valence electrons. The average molecular weight is 313 g/mol. The highest BCUT2D eigenvalue weighted by Gasteiger charge is 2.45. The molecule has 2 saturated heterocycles. The number of aryl methyl sites for hydroxylation is 1. The molecule has 23 heavy (non-hydrogen) atoms. The van der Waals surface area contributed by atoms with Crippen LogP contribution in [0.2, 0.25) is 0 Å². The molecule has 1 saturated carbocycles. The van der Waals surface area contributed by atoms with Gasteiger partial charge in [-0.3, -0.25) is 4.90 Å². The molecule has 4 heteroatoms. The fraction of sp³-hybridized carbons (Fsp3) is 0.632. The summed E-state index contributed by atoms with van der Waals surface area (Å²) >= 11 is 0. The van der Waals surface area contributed by atoms with Crippen LogP contribution in [0.1, 0.15) is 50.5 Å². The standard InChI is InChI=1S/C19H27N3O/c1-13-5-7-14(8-6-13)20-19(23)21-15-11-17-3-2-4-18(12-15)22(17)16-9-10-16/h5-8,15-18H,2-4,9-12H2,1H3,(H2,20,21,23). The molecular formula is C19H27N3O. The normalized spacial score (nSPS) is 30.7. The number of hydrogen-bond acceptors (Lipinski definition) is 2. The molecule has 2 bridgehead atoms. The van der Waals surface area contributed by atoms with Crippen LogP contribution in [0, 0.1) is 6.92 Å². The first-order valence-electron chi connectivity index (χ1n) is 9.10. The number of benzene rings is 1. The van der Waals surface area contributed by atoms with Crippen molar-refractivity contribution in [3.63, 3.8) is 0 Å². The quantitative estimate of drug-likeness (QED) is 0.894. The number of nitrogens with one attached hydrogen (secondary N) is 2. The van der Waals surface area contributed by atoms with Crippen molar-refractivity contribution in [3.8, 4) is 0 Å². The number of urea groups is 1. The van der Waals surface area contributed by atoms with Crippen LogP contribution in [0.4, 0.5) is 10.5 Å². The third-order valence-electron chi connectivity index (χ3n) is 5.64. The Bertz CT molecular complexity index is 552. The van der Waals surface area contributed by atoms with Gasteiger partial charge in [-0.1, -0.05) is 24.1 Å². The monoisotopic (exact) mass is 313 g/mol. The second-order valence-corrected chi connectivity index (χ2v) is 7.55. The Morgan fingerprint density at radius 2 is 1.65 bits per heavy atom. The van der Waals surface area contributed by atoms with Crippen molar-refractivity contribution >= 4 is 11.7 Å². The zero-order valence-electron chi connectivity index (χ0n) is 13.9. The third-order valence-corrected chi connectivity index (χ3v) is 5.64. The minimum atomic E-state index is -0.0585. The van der Waals surface area contributed by atoms with Gasteiger partial charge in [-0.05, 0) is 57.6 Å². The fourth-order valence-corrected chi connectivity index (χ4v) is 4.49. The van der Waals surface area contributed by atoms with Crippen LogP contribution in [0.15, 0.2) is 24.3 Å². The van der Waals surface area contributed by atoms with Crippen molar-refractivity contribution in [2.45, 2.75) is 76.0 Å². The molecule has 2 unspecified atom stereocenters. The molecule has 3 aliphatic rings. The summed E-state index contributed by atoms with van der Waals surface area (Å²) in [5.41, 5.74) is 2.07. The number of hydrogen-bond donors (Lipinski definition) is 2. The van der Waals surface area contributed by atoms with Crippen LogP contribution >= 0.6 is 0 Å². The number of rotatable bonds is 3. The molecule has 2 N–H and O–H groups in total. The third kappa shape index (κ3) is 3.37. The van der Waals surface area contributed by atoms with E-state index in [1.54, 1.807) is 0 Å². The van der Waals surface area contributed by atoms with Crippen molar-refractivity contribution < 1.29 is 4.79 Å². The lowest BCUT2D eigenvalue weighted by molar-refractivity contribution is 0.0198.